The maximum Gasteiger partial charge on any atom is 0.293 e. The van der Waals surface area contributed by atoms with E-state index in [9.17, 15) is 9.59 Å². The molecule has 6 heteroatoms. The van der Waals surface area contributed by atoms with Gasteiger partial charge in [-0.15, -0.1) is 0 Å². The van der Waals surface area contributed by atoms with Gasteiger partial charge >= 0.3 is 0 Å². The lowest BCUT2D eigenvalue weighted by Gasteiger charge is -2.07. The van der Waals surface area contributed by atoms with E-state index in [0.29, 0.717) is 21.5 Å². The van der Waals surface area contributed by atoms with Crippen LogP contribution in [0.5, 0.6) is 0 Å². The standard InChI is InChI=1S/C12H9Cl2NO2S/c1-2-15-11(16)10(18-12(15)17)6-7-3-4-8(13)9(14)5-7/h3-6H,2H2,1H3/b10-6-. The molecule has 1 aromatic rings. The highest BCUT2D eigenvalue weighted by Crippen LogP contribution is 2.32. The number of imide groups is 1. The van der Waals surface area contributed by atoms with E-state index in [4.69, 9.17) is 23.2 Å². The first-order valence-electron chi connectivity index (χ1n) is 5.23. The Kier molecular flexibility index (Phi) is 4.00. The number of hydrogen-bond acceptors (Lipinski definition) is 3. The molecule has 0 bridgehead atoms. The molecule has 1 saturated heterocycles. The third-order valence-corrected chi connectivity index (χ3v) is 4.08. The summed E-state index contributed by atoms with van der Waals surface area (Å²) >= 11 is 12.6. The lowest BCUT2D eigenvalue weighted by Crippen LogP contribution is -2.27. The van der Waals surface area contributed by atoms with Gasteiger partial charge < -0.3 is 0 Å². The highest BCUT2D eigenvalue weighted by Gasteiger charge is 2.33. The number of halogens is 2. The van der Waals surface area contributed by atoms with Gasteiger partial charge in [0.1, 0.15) is 0 Å². The Morgan fingerprint density at radius 3 is 2.56 bits per heavy atom. The van der Waals surface area contributed by atoms with Gasteiger partial charge in [-0.25, -0.2) is 0 Å². The number of rotatable bonds is 2. The maximum atomic E-state index is 11.9. The van der Waals surface area contributed by atoms with Crippen LogP contribution in [0.4, 0.5) is 4.79 Å². The van der Waals surface area contributed by atoms with E-state index in [0.717, 1.165) is 17.3 Å². The summed E-state index contributed by atoms with van der Waals surface area (Å²) in [7, 11) is 0. The zero-order valence-electron chi connectivity index (χ0n) is 9.44. The van der Waals surface area contributed by atoms with Gasteiger partial charge in [-0.3, -0.25) is 14.5 Å². The fourth-order valence-corrected chi connectivity index (χ4v) is 2.74. The molecule has 18 heavy (non-hydrogen) atoms. The van der Waals surface area contributed by atoms with Crippen molar-refractivity contribution in [1.82, 2.24) is 4.90 Å². The number of hydrogen-bond donors (Lipinski definition) is 0. The van der Waals surface area contributed by atoms with E-state index in [1.807, 2.05) is 0 Å². The third-order valence-electron chi connectivity index (χ3n) is 2.43. The van der Waals surface area contributed by atoms with Crippen molar-refractivity contribution >= 4 is 52.2 Å². The van der Waals surface area contributed by atoms with E-state index >= 15 is 0 Å². The van der Waals surface area contributed by atoms with E-state index in [2.05, 4.69) is 0 Å². The van der Waals surface area contributed by atoms with Gasteiger partial charge in [0.25, 0.3) is 11.1 Å². The molecule has 0 N–H and O–H groups in total. The Hall–Kier alpha value is -0.970. The minimum absolute atomic E-state index is 0.242. The predicted molar refractivity (Wildman–Crippen MR) is 74.8 cm³/mol. The Labute approximate surface area is 119 Å². The zero-order valence-corrected chi connectivity index (χ0v) is 11.8. The predicted octanol–water partition coefficient (Wildman–Crippen LogP) is 4.05. The molecule has 1 aliphatic heterocycles. The Morgan fingerprint density at radius 2 is 2.00 bits per heavy atom. The monoisotopic (exact) mass is 301 g/mol. The Morgan fingerprint density at radius 1 is 1.28 bits per heavy atom. The van der Waals surface area contributed by atoms with Crippen LogP contribution in [0, 0.1) is 0 Å². The summed E-state index contributed by atoms with van der Waals surface area (Å²) in [5.41, 5.74) is 0.742. The molecule has 0 atom stereocenters. The second-order valence-electron chi connectivity index (χ2n) is 3.60. The van der Waals surface area contributed by atoms with Gasteiger partial charge in [0.2, 0.25) is 0 Å². The summed E-state index contributed by atoms with van der Waals surface area (Å²) in [6.07, 6.45) is 1.64. The molecule has 0 aromatic heterocycles. The van der Waals surface area contributed by atoms with Crippen molar-refractivity contribution in [3.05, 3.63) is 38.7 Å². The van der Waals surface area contributed by atoms with Gasteiger partial charge in [0, 0.05) is 6.54 Å². The van der Waals surface area contributed by atoms with Crippen LogP contribution in [-0.2, 0) is 4.79 Å². The van der Waals surface area contributed by atoms with Crippen molar-refractivity contribution in [2.24, 2.45) is 0 Å². The quantitative estimate of drug-likeness (QED) is 0.773. The molecular formula is C12H9Cl2NO2S. The average molecular weight is 302 g/mol. The lowest BCUT2D eigenvalue weighted by atomic mass is 10.2. The molecule has 1 fully saturated rings. The van der Waals surface area contributed by atoms with Gasteiger partial charge in [-0.1, -0.05) is 29.3 Å². The minimum Gasteiger partial charge on any atom is -0.269 e. The van der Waals surface area contributed by atoms with Crippen molar-refractivity contribution in [1.29, 1.82) is 0 Å². The SMILES string of the molecule is CCN1C(=O)S/C(=C\c2ccc(Cl)c(Cl)c2)C1=O. The minimum atomic E-state index is -0.265. The van der Waals surface area contributed by atoms with Crippen molar-refractivity contribution in [3.8, 4) is 0 Å². The van der Waals surface area contributed by atoms with Crippen molar-refractivity contribution in [3.63, 3.8) is 0 Å². The molecule has 0 radical (unpaired) electrons. The van der Waals surface area contributed by atoms with Gasteiger partial charge in [-0.2, -0.15) is 0 Å². The number of carbonyl (C=O) groups is 2. The van der Waals surface area contributed by atoms with Gasteiger partial charge in [0.15, 0.2) is 0 Å². The number of benzene rings is 1. The second kappa shape index (κ2) is 5.34. The second-order valence-corrected chi connectivity index (χ2v) is 5.41. The normalized spacial score (nSPS) is 17.9. The number of carbonyl (C=O) groups excluding carboxylic acids is 2. The zero-order chi connectivity index (χ0) is 13.3. The Balaban J connectivity index is 2.32. The molecule has 2 amide bonds. The van der Waals surface area contributed by atoms with Crippen LogP contribution in [0.15, 0.2) is 23.1 Å². The summed E-state index contributed by atoms with van der Waals surface area (Å²) in [5, 5.41) is 0.629. The number of likely N-dealkylation sites (N-methyl/N-ethyl adjacent to an activating group) is 1. The lowest BCUT2D eigenvalue weighted by molar-refractivity contribution is -0.122. The van der Waals surface area contributed by atoms with Crippen LogP contribution in [-0.4, -0.2) is 22.6 Å². The molecule has 94 valence electrons. The van der Waals surface area contributed by atoms with Crippen molar-refractivity contribution < 1.29 is 9.59 Å². The summed E-state index contributed by atoms with van der Waals surface area (Å²) in [6.45, 7) is 2.14. The summed E-state index contributed by atoms with van der Waals surface area (Å²) in [6, 6.07) is 5.05. The highest BCUT2D eigenvalue weighted by atomic mass is 35.5. The molecule has 3 nitrogen and oxygen atoms in total. The van der Waals surface area contributed by atoms with Crippen LogP contribution in [0.25, 0.3) is 6.08 Å². The van der Waals surface area contributed by atoms with Crippen LogP contribution >= 0.6 is 35.0 Å². The Bertz CT molecular complexity index is 557. The molecule has 0 aliphatic carbocycles. The molecule has 0 spiro atoms. The summed E-state index contributed by atoms with van der Waals surface area (Å²) in [5.74, 6) is -0.265. The van der Waals surface area contributed by atoms with Crippen molar-refractivity contribution in [2.45, 2.75) is 6.92 Å². The van der Waals surface area contributed by atoms with E-state index in [1.54, 1.807) is 31.2 Å². The molecule has 1 aromatic carbocycles. The van der Waals surface area contributed by atoms with Crippen LogP contribution < -0.4 is 0 Å². The number of thioether (sulfide) groups is 1. The van der Waals surface area contributed by atoms with E-state index in [-0.39, 0.29) is 11.1 Å². The molecule has 2 rings (SSSR count). The van der Waals surface area contributed by atoms with Gasteiger partial charge in [-0.05, 0) is 42.5 Å². The average Bonchev–Trinajstić information content (AvgIpc) is 2.59. The van der Waals surface area contributed by atoms with E-state index < -0.39 is 0 Å². The first-order chi connectivity index (χ1) is 8.52. The molecule has 1 heterocycles. The molecular weight excluding hydrogens is 293 g/mol. The largest absolute Gasteiger partial charge is 0.293 e. The summed E-state index contributed by atoms with van der Waals surface area (Å²) in [4.78, 5) is 25.0. The topological polar surface area (TPSA) is 37.4 Å². The van der Waals surface area contributed by atoms with E-state index in [1.165, 1.54) is 4.90 Å². The first-order valence-corrected chi connectivity index (χ1v) is 6.80. The maximum absolute atomic E-state index is 11.9. The molecule has 0 saturated carbocycles. The van der Waals surface area contributed by atoms with Crippen LogP contribution in [0.1, 0.15) is 12.5 Å². The third kappa shape index (κ3) is 2.55. The highest BCUT2D eigenvalue weighted by molar-refractivity contribution is 8.18. The fourth-order valence-electron chi connectivity index (χ4n) is 1.53. The smallest absolute Gasteiger partial charge is 0.269 e. The summed E-state index contributed by atoms with van der Waals surface area (Å²) < 4.78 is 0. The molecule has 0 unspecified atom stereocenters. The molecule has 1 aliphatic rings. The van der Waals surface area contributed by atoms with Crippen LogP contribution in [0.3, 0.4) is 0 Å². The van der Waals surface area contributed by atoms with Crippen LogP contribution in [0.2, 0.25) is 10.0 Å². The van der Waals surface area contributed by atoms with Gasteiger partial charge in [0.05, 0.1) is 15.0 Å². The fraction of sp³-hybridized carbons (Fsp3) is 0.167. The number of nitrogens with zero attached hydrogens (tertiary/aromatic N) is 1. The number of amides is 2. The van der Waals surface area contributed by atoms with Crippen molar-refractivity contribution in [2.75, 3.05) is 6.54 Å². The first kappa shape index (κ1) is 13.5.